The van der Waals surface area contributed by atoms with Crippen LogP contribution in [0.5, 0.6) is 0 Å². The highest BCUT2D eigenvalue weighted by Gasteiger charge is 2.45. The minimum atomic E-state index is -4.55. The van der Waals surface area contributed by atoms with Crippen LogP contribution >= 0.6 is 0 Å². The maximum Gasteiger partial charge on any atom is 0.433 e. The van der Waals surface area contributed by atoms with Gasteiger partial charge in [-0.1, -0.05) is 0 Å². The van der Waals surface area contributed by atoms with Gasteiger partial charge in [0.05, 0.1) is 24.3 Å². The minimum absolute atomic E-state index is 0.164. The zero-order chi connectivity index (χ0) is 24.1. The van der Waals surface area contributed by atoms with E-state index in [1.54, 1.807) is 6.20 Å². The summed E-state index contributed by atoms with van der Waals surface area (Å²) >= 11 is 0. The number of hydrogen-bond acceptors (Lipinski definition) is 6. The van der Waals surface area contributed by atoms with Crippen molar-refractivity contribution in [2.75, 3.05) is 29.4 Å². The first-order valence-electron chi connectivity index (χ1n) is 10.7. The van der Waals surface area contributed by atoms with E-state index >= 15 is 0 Å². The molecule has 13 heteroatoms. The van der Waals surface area contributed by atoms with Gasteiger partial charge in [0.15, 0.2) is 5.65 Å². The van der Waals surface area contributed by atoms with Crippen LogP contribution in [0, 0.1) is 5.41 Å². The number of fused-ring (bicyclic) bond motifs is 1. The molecule has 0 saturated carbocycles. The highest BCUT2D eigenvalue weighted by atomic mass is 19.4. The number of rotatable bonds is 4. The number of halogens is 5. The third kappa shape index (κ3) is 4.14. The van der Waals surface area contributed by atoms with E-state index < -0.39 is 24.8 Å². The number of anilines is 2. The number of nitrogens with zero attached hydrogens (tertiary/aromatic N) is 7. The van der Waals surface area contributed by atoms with Crippen molar-refractivity contribution in [2.24, 2.45) is 5.41 Å². The Labute approximate surface area is 190 Å². The van der Waals surface area contributed by atoms with Gasteiger partial charge in [0.25, 0.3) is 6.43 Å². The van der Waals surface area contributed by atoms with Gasteiger partial charge in [-0.15, -0.1) is 0 Å². The summed E-state index contributed by atoms with van der Waals surface area (Å²) in [5.41, 5.74) is -0.274. The smallest absolute Gasteiger partial charge is 0.355 e. The summed E-state index contributed by atoms with van der Waals surface area (Å²) in [4.78, 5) is 28.3. The third-order valence-electron chi connectivity index (χ3n) is 6.42. The monoisotopic (exact) mass is 481 g/mol. The summed E-state index contributed by atoms with van der Waals surface area (Å²) in [6.07, 6.45) is -1.45. The highest BCUT2D eigenvalue weighted by molar-refractivity contribution is 5.94. The number of aromatic nitrogens is 5. The van der Waals surface area contributed by atoms with E-state index in [1.807, 2.05) is 4.90 Å². The lowest BCUT2D eigenvalue weighted by Gasteiger charge is -2.40. The number of piperidine rings is 1. The van der Waals surface area contributed by atoms with Gasteiger partial charge in [0.2, 0.25) is 5.91 Å². The number of alkyl halides is 5. The van der Waals surface area contributed by atoms with Gasteiger partial charge < -0.3 is 9.80 Å². The average Bonchev–Trinajstić information content (AvgIpc) is 3.39. The van der Waals surface area contributed by atoms with Crippen molar-refractivity contribution in [1.82, 2.24) is 24.7 Å². The lowest BCUT2D eigenvalue weighted by Crippen LogP contribution is -2.48. The van der Waals surface area contributed by atoms with E-state index in [-0.39, 0.29) is 23.4 Å². The first-order valence-corrected chi connectivity index (χ1v) is 10.7. The zero-order valence-electron chi connectivity index (χ0n) is 17.8. The molecule has 5 heterocycles. The summed E-state index contributed by atoms with van der Waals surface area (Å²) in [7, 11) is 0. The van der Waals surface area contributed by atoms with E-state index in [0.29, 0.717) is 43.1 Å². The summed E-state index contributed by atoms with van der Waals surface area (Å²) in [5, 5.41) is 3.93. The minimum Gasteiger partial charge on any atom is -0.355 e. The van der Waals surface area contributed by atoms with Gasteiger partial charge in [-0.25, -0.2) is 28.4 Å². The van der Waals surface area contributed by atoms with Gasteiger partial charge in [-0.2, -0.15) is 18.3 Å². The molecule has 0 aromatic carbocycles. The Kier molecular flexibility index (Phi) is 5.36. The van der Waals surface area contributed by atoms with E-state index in [4.69, 9.17) is 0 Å². The molecule has 34 heavy (non-hydrogen) atoms. The van der Waals surface area contributed by atoms with Gasteiger partial charge >= 0.3 is 6.18 Å². The zero-order valence-corrected chi connectivity index (χ0v) is 17.8. The molecule has 2 aliphatic rings. The third-order valence-corrected chi connectivity index (χ3v) is 6.42. The Balaban J connectivity index is 1.35. The number of carbonyl (C=O) groups is 1. The van der Waals surface area contributed by atoms with E-state index in [2.05, 4.69) is 20.1 Å². The molecule has 1 amide bonds. The van der Waals surface area contributed by atoms with Crippen LogP contribution < -0.4 is 9.80 Å². The van der Waals surface area contributed by atoms with E-state index in [9.17, 15) is 26.7 Å². The molecule has 5 rings (SSSR count). The van der Waals surface area contributed by atoms with Crippen LogP contribution in [-0.4, -0.2) is 56.7 Å². The van der Waals surface area contributed by atoms with Crippen molar-refractivity contribution < 1.29 is 26.7 Å². The first-order chi connectivity index (χ1) is 16.1. The largest absolute Gasteiger partial charge is 0.433 e. The predicted molar refractivity (Wildman–Crippen MR) is 111 cm³/mol. The molecule has 2 aliphatic heterocycles. The second-order valence-electron chi connectivity index (χ2n) is 8.71. The fourth-order valence-corrected chi connectivity index (χ4v) is 4.68. The molecular weight excluding hydrogens is 461 g/mol. The molecule has 0 aliphatic carbocycles. The van der Waals surface area contributed by atoms with Crippen LogP contribution in [0.15, 0.2) is 30.7 Å². The summed E-state index contributed by atoms with van der Waals surface area (Å²) in [6, 6.07) is 2.14. The highest BCUT2D eigenvalue weighted by Crippen LogP contribution is 2.42. The maximum absolute atomic E-state index is 12.8. The SMILES string of the molecule is O=C1CCC2(CCN(c3cnc4cnn(CC(F)F)c4n3)C2)CN1c1ccc(C(F)(F)F)nc1. The normalized spacial score (nSPS) is 21.4. The Morgan fingerprint density at radius 2 is 1.88 bits per heavy atom. The standard InChI is InChI=1S/C21H20F5N7O/c22-16(23)10-33-19-14(8-29-33)27-9-17(30-19)31-6-5-20(11-31)4-3-18(34)32(12-20)13-1-2-15(28-7-13)21(24,25)26/h1-2,7-9,16H,3-6,10-12H2. The summed E-state index contributed by atoms with van der Waals surface area (Å²) < 4.78 is 65.3. The summed E-state index contributed by atoms with van der Waals surface area (Å²) in [6.45, 7) is 0.933. The first kappa shape index (κ1) is 22.4. The molecule has 0 N–H and O–H groups in total. The van der Waals surface area contributed by atoms with Crippen molar-refractivity contribution in [1.29, 1.82) is 0 Å². The Morgan fingerprint density at radius 3 is 2.59 bits per heavy atom. The quantitative estimate of drug-likeness (QED) is 0.531. The lowest BCUT2D eigenvalue weighted by atomic mass is 9.79. The van der Waals surface area contributed by atoms with Crippen molar-refractivity contribution in [2.45, 2.75) is 38.4 Å². The number of amides is 1. The van der Waals surface area contributed by atoms with Gasteiger partial charge in [0, 0.05) is 31.5 Å². The van der Waals surface area contributed by atoms with Crippen molar-refractivity contribution in [3.8, 4) is 0 Å². The molecule has 0 radical (unpaired) electrons. The molecule has 1 unspecified atom stereocenters. The molecule has 2 fully saturated rings. The van der Waals surface area contributed by atoms with Gasteiger partial charge in [0.1, 0.15) is 23.6 Å². The Morgan fingerprint density at radius 1 is 1.06 bits per heavy atom. The molecule has 1 spiro atoms. The number of carbonyl (C=O) groups excluding carboxylic acids is 1. The van der Waals surface area contributed by atoms with Crippen LogP contribution in [0.2, 0.25) is 0 Å². The van der Waals surface area contributed by atoms with Crippen LogP contribution in [0.3, 0.4) is 0 Å². The number of hydrogen-bond donors (Lipinski definition) is 0. The molecule has 3 aromatic heterocycles. The van der Waals surface area contributed by atoms with Crippen LogP contribution in [0.1, 0.15) is 25.0 Å². The van der Waals surface area contributed by atoms with Crippen molar-refractivity contribution in [3.05, 3.63) is 36.4 Å². The second-order valence-corrected chi connectivity index (χ2v) is 8.71. The molecule has 2 saturated heterocycles. The Hall–Kier alpha value is -3.38. The van der Waals surface area contributed by atoms with E-state index in [0.717, 1.165) is 23.4 Å². The molecule has 180 valence electrons. The topological polar surface area (TPSA) is 80.0 Å². The van der Waals surface area contributed by atoms with Crippen LogP contribution in [0.4, 0.5) is 33.5 Å². The molecular formula is C21H20F5N7O. The lowest BCUT2D eigenvalue weighted by molar-refractivity contribution is -0.141. The Bertz CT molecular complexity index is 1210. The second kappa shape index (κ2) is 8.13. The van der Waals surface area contributed by atoms with Crippen molar-refractivity contribution in [3.63, 3.8) is 0 Å². The fraction of sp³-hybridized carbons (Fsp3) is 0.476. The van der Waals surface area contributed by atoms with Crippen LogP contribution in [-0.2, 0) is 17.5 Å². The molecule has 0 bridgehead atoms. The van der Waals surface area contributed by atoms with Crippen LogP contribution in [0.25, 0.3) is 11.2 Å². The molecule has 8 nitrogen and oxygen atoms in total. The maximum atomic E-state index is 12.8. The average molecular weight is 481 g/mol. The van der Waals surface area contributed by atoms with Gasteiger partial charge in [-0.3, -0.25) is 4.79 Å². The predicted octanol–water partition coefficient (Wildman–Crippen LogP) is 3.53. The van der Waals surface area contributed by atoms with E-state index in [1.165, 1.54) is 17.2 Å². The fourth-order valence-electron chi connectivity index (χ4n) is 4.68. The number of pyridine rings is 1. The molecule has 1 atom stereocenters. The molecule has 3 aromatic rings. The van der Waals surface area contributed by atoms with Crippen molar-refractivity contribution >= 4 is 28.6 Å². The van der Waals surface area contributed by atoms with Gasteiger partial charge in [-0.05, 0) is 25.0 Å². The summed E-state index contributed by atoms with van der Waals surface area (Å²) in [5.74, 6) is 0.364.